The van der Waals surface area contributed by atoms with E-state index >= 15 is 0 Å². The largest absolute Gasteiger partial charge is 0.472 e. The summed E-state index contributed by atoms with van der Waals surface area (Å²) in [5.41, 5.74) is 0. The van der Waals surface area contributed by atoms with Gasteiger partial charge in [-0.15, -0.1) is 0 Å². The summed E-state index contributed by atoms with van der Waals surface area (Å²) in [6, 6.07) is -0.851. The lowest BCUT2D eigenvalue weighted by Gasteiger charge is -2.27. The minimum Gasteiger partial charge on any atom is -0.456 e. The summed E-state index contributed by atoms with van der Waals surface area (Å²) < 4.78 is 30.7. The fourth-order valence-corrected chi connectivity index (χ4v) is 10.5. The highest BCUT2D eigenvalue weighted by atomic mass is 31.2. The lowest BCUT2D eigenvalue weighted by molar-refractivity contribution is -0.870. The minimum atomic E-state index is -4.45. The number of carbonyl (C=O) groups is 2. The number of phosphoric ester groups is 1. The van der Waals surface area contributed by atoms with Crippen molar-refractivity contribution in [1.82, 2.24) is 5.32 Å². The van der Waals surface area contributed by atoms with Gasteiger partial charge in [0.05, 0.1) is 33.8 Å². The molecule has 9 nitrogen and oxygen atoms in total. The molecule has 10 heteroatoms. The standard InChI is InChI=1S/C67H127N2O7P/c1-7-10-13-16-19-22-25-28-30-31-32-33-34-35-36-37-39-41-44-47-50-53-56-59-66(70)68-64(63-75-77(72,73)74-62-61-69(4,5)6)65(58-55-52-49-46-43-40-27-24-21-18-15-12-9-3)76-67(71)60-57-54-51-48-45-42-38-29-26-23-20-17-14-11-8-2/h11,14,17,20,23,26,55,58,64-65H,7-10,12-13,15-16,18-19,21-22,24-25,27-54,56-57,59-63H2,1-6H3,(H-,68,70,72,73)/p+1/b14-11+,20-17+,26-23+,58-55-. The molecule has 0 aliphatic carbocycles. The number of phosphoric acid groups is 1. The molecule has 0 aliphatic heterocycles. The van der Waals surface area contributed by atoms with Crippen LogP contribution in [0.25, 0.3) is 0 Å². The van der Waals surface area contributed by atoms with Crippen molar-refractivity contribution in [3.63, 3.8) is 0 Å². The second kappa shape index (κ2) is 57.2. The van der Waals surface area contributed by atoms with E-state index in [0.717, 1.165) is 77.0 Å². The summed E-state index contributed by atoms with van der Waals surface area (Å²) in [5.74, 6) is -0.505. The van der Waals surface area contributed by atoms with E-state index in [0.29, 0.717) is 17.4 Å². The normalized spacial score (nSPS) is 13.9. The Labute approximate surface area is 478 Å². The SMILES string of the molecule is CC/C=C/C=C/C=C/CCCCCCCCCC(=O)OC(/C=C\CCCCCCCCCCCCC)C(COP(=O)(O)OCC[N+](C)(C)C)NC(=O)CCCCCCCCCCCCCCCCCCCCCCCCC. The maximum absolute atomic E-state index is 13.6. The predicted octanol–water partition coefficient (Wildman–Crippen LogP) is 20.5. The molecule has 0 saturated heterocycles. The van der Waals surface area contributed by atoms with Gasteiger partial charge in [0.25, 0.3) is 0 Å². The second-order valence-electron chi connectivity index (χ2n) is 23.7. The first-order chi connectivity index (χ1) is 37.4. The van der Waals surface area contributed by atoms with E-state index in [-0.39, 0.29) is 31.5 Å². The smallest absolute Gasteiger partial charge is 0.456 e. The van der Waals surface area contributed by atoms with Gasteiger partial charge in [-0.3, -0.25) is 18.6 Å². The Morgan fingerprint density at radius 2 is 0.831 bits per heavy atom. The van der Waals surface area contributed by atoms with Crippen LogP contribution in [0.2, 0.25) is 0 Å². The molecule has 2 N–H and O–H groups in total. The number of nitrogens with one attached hydrogen (secondary N) is 1. The van der Waals surface area contributed by atoms with E-state index < -0.39 is 20.0 Å². The zero-order valence-corrected chi connectivity index (χ0v) is 52.6. The summed E-state index contributed by atoms with van der Waals surface area (Å²) in [6.45, 7) is 6.92. The Hall–Kier alpha value is -2.03. The first-order valence-corrected chi connectivity index (χ1v) is 34.5. The van der Waals surface area contributed by atoms with Crippen LogP contribution in [0.15, 0.2) is 48.6 Å². The molecule has 1 amide bonds. The van der Waals surface area contributed by atoms with Gasteiger partial charge >= 0.3 is 13.8 Å². The molecule has 0 radical (unpaired) electrons. The molecule has 0 aromatic carbocycles. The summed E-state index contributed by atoms with van der Waals surface area (Å²) in [5, 5.41) is 3.07. The van der Waals surface area contributed by atoms with Crippen molar-refractivity contribution in [2.45, 2.75) is 328 Å². The molecule has 0 heterocycles. The van der Waals surface area contributed by atoms with E-state index in [1.54, 1.807) is 0 Å². The number of allylic oxidation sites excluding steroid dienone is 7. The van der Waals surface area contributed by atoms with Crippen molar-refractivity contribution in [3.05, 3.63) is 48.6 Å². The fraction of sp³-hybridized carbons (Fsp3) is 0.851. The average Bonchev–Trinajstić information content (AvgIpc) is 3.39. The molecule has 3 atom stereocenters. The minimum absolute atomic E-state index is 0.0394. The number of rotatable bonds is 60. The summed E-state index contributed by atoms with van der Waals surface area (Å²) in [7, 11) is 1.50. The molecule has 0 rings (SSSR count). The topological polar surface area (TPSA) is 111 Å². The van der Waals surface area contributed by atoms with E-state index in [1.165, 1.54) is 205 Å². The average molecular weight is 1100 g/mol. The molecular weight excluding hydrogens is 976 g/mol. The van der Waals surface area contributed by atoms with Crippen LogP contribution in [0.4, 0.5) is 0 Å². The molecule has 77 heavy (non-hydrogen) atoms. The van der Waals surface area contributed by atoms with Crippen LogP contribution in [0.5, 0.6) is 0 Å². The third-order valence-electron chi connectivity index (χ3n) is 14.8. The Morgan fingerprint density at radius 1 is 0.468 bits per heavy atom. The van der Waals surface area contributed by atoms with Crippen LogP contribution >= 0.6 is 7.82 Å². The molecule has 452 valence electrons. The van der Waals surface area contributed by atoms with Gasteiger partial charge in [-0.05, 0) is 51.0 Å². The van der Waals surface area contributed by atoms with Gasteiger partial charge in [0.1, 0.15) is 19.3 Å². The van der Waals surface area contributed by atoms with E-state index in [4.69, 9.17) is 13.8 Å². The Kier molecular flexibility index (Phi) is 55.7. The van der Waals surface area contributed by atoms with E-state index in [1.807, 2.05) is 33.3 Å². The number of esters is 1. The van der Waals surface area contributed by atoms with Crippen molar-refractivity contribution in [2.75, 3.05) is 40.9 Å². The van der Waals surface area contributed by atoms with Crippen LogP contribution < -0.4 is 5.32 Å². The van der Waals surface area contributed by atoms with Crippen molar-refractivity contribution in [2.24, 2.45) is 0 Å². The number of likely N-dealkylation sites (N-methyl/N-ethyl adjacent to an activating group) is 1. The number of hydrogen-bond donors (Lipinski definition) is 2. The first-order valence-electron chi connectivity index (χ1n) is 33.0. The van der Waals surface area contributed by atoms with Crippen LogP contribution in [-0.4, -0.2) is 74.3 Å². The Morgan fingerprint density at radius 3 is 1.23 bits per heavy atom. The third-order valence-corrected chi connectivity index (χ3v) is 15.8. The Bertz CT molecular complexity index is 1460. The molecule has 0 spiro atoms. The molecule has 0 aromatic rings. The lowest BCUT2D eigenvalue weighted by atomic mass is 10.0. The number of hydrogen-bond acceptors (Lipinski definition) is 6. The molecule has 0 saturated carbocycles. The van der Waals surface area contributed by atoms with Crippen molar-refractivity contribution >= 4 is 19.7 Å². The van der Waals surface area contributed by atoms with Gasteiger partial charge in [0, 0.05) is 12.8 Å². The maximum atomic E-state index is 13.6. The van der Waals surface area contributed by atoms with Crippen LogP contribution in [-0.2, 0) is 27.9 Å². The van der Waals surface area contributed by atoms with E-state index in [2.05, 4.69) is 62.5 Å². The first kappa shape index (κ1) is 75.0. The van der Waals surface area contributed by atoms with Gasteiger partial charge in [0.2, 0.25) is 5.91 Å². The van der Waals surface area contributed by atoms with Gasteiger partial charge in [-0.2, -0.15) is 0 Å². The summed E-state index contributed by atoms with van der Waals surface area (Å²) >= 11 is 0. The third kappa shape index (κ3) is 58.4. The highest BCUT2D eigenvalue weighted by molar-refractivity contribution is 7.47. The number of quaternary nitrogens is 1. The highest BCUT2D eigenvalue weighted by Gasteiger charge is 2.30. The zero-order valence-electron chi connectivity index (χ0n) is 51.7. The lowest BCUT2D eigenvalue weighted by Crippen LogP contribution is -2.47. The molecule has 3 unspecified atom stereocenters. The van der Waals surface area contributed by atoms with Crippen LogP contribution in [0.3, 0.4) is 0 Å². The molecular formula is C67H128N2O7P+. The van der Waals surface area contributed by atoms with Crippen LogP contribution in [0.1, 0.15) is 316 Å². The van der Waals surface area contributed by atoms with Crippen molar-refractivity contribution < 1.29 is 37.3 Å². The number of ether oxygens (including phenoxy) is 1. The van der Waals surface area contributed by atoms with Crippen molar-refractivity contribution in [3.8, 4) is 0 Å². The van der Waals surface area contributed by atoms with Gasteiger partial charge < -0.3 is 19.4 Å². The zero-order chi connectivity index (χ0) is 56.4. The monoisotopic (exact) mass is 1100 g/mol. The van der Waals surface area contributed by atoms with Crippen LogP contribution in [0, 0.1) is 0 Å². The number of amides is 1. The second-order valence-corrected chi connectivity index (χ2v) is 25.1. The van der Waals surface area contributed by atoms with Crippen molar-refractivity contribution in [1.29, 1.82) is 0 Å². The van der Waals surface area contributed by atoms with E-state index in [9.17, 15) is 19.0 Å². The number of unbranched alkanes of at least 4 members (excludes halogenated alkanes) is 40. The quantitative estimate of drug-likeness (QED) is 0.0156. The summed E-state index contributed by atoms with van der Waals surface area (Å²) in [6.07, 6.45) is 71.2. The molecule has 0 aliphatic rings. The van der Waals surface area contributed by atoms with Gasteiger partial charge in [0.15, 0.2) is 0 Å². The molecule has 0 aromatic heterocycles. The summed E-state index contributed by atoms with van der Waals surface area (Å²) in [4.78, 5) is 37.8. The Balaban J connectivity index is 5.13. The highest BCUT2D eigenvalue weighted by Crippen LogP contribution is 2.43. The predicted molar refractivity (Wildman–Crippen MR) is 332 cm³/mol. The van der Waals surface area contributed by atoms with Gasteiger partial charge in [-0.25, -0.2) is 4.57 Å². The number of nitrogens with zero attached hydrogens (tertiary/aromatic N) is 1. The maximum Gasteiger partial charge on any atom is 0.472 e. The molecule has 0 bridgehead atoms. The number of carbonyl (C=O) groups excluding carboxylic acids is 2. The van der Waals surface area contributed by atoms with Gasteiger partial charge in [-0.1, -0.05) is 301 Å². The fourth-order valence-electron chi connectivity index (χ4n) is 9.77. The molecule has 0 fully saturated rings.